The van der Waals surface area contributed by atoms with Crippen LogP contribution in [0.4, 0.5) is 27.9 Å². The minimum absolute atomic E-state index is 0.0120. The summed E-state index contributed by atoms with van der Waals surface area (Å²) in [4.78, 5) is 2.29. The largest absolute Gasteiger partial charge is 0.434 e. The molecule has 2 fully saturated rings. The summed E-state index contributed by atoms with van der Waals surface area (Å²) in [6.45, 7) is -0.778. The van der Waals surface area contributed by atoms with Gasteiger partial charge in [0, 0.05) is 37.3 Å². The van der Waals surface area contributed by atoms with E-state index >= 15 is 0 Å². The maximum Gasteiger partial charge on any atom is 0.416 e. The summed E-state index contributed by atoms with van der Waals surface area (Å²) in [5.41, 5.74) is -0.483. The fourth-order valence-electron chi connectivity index (χ4n) is 4.41. The Morgan fingerprint density at radius 2 is 1.97 bits per heavy atom. The molecule has 0 aliphatic carbocycles. The summed E-state index contributed by atoms with van der Waals surface area (Å²) in [6.07, 6.45) is 0.111. The molecule has 12 heteroatoms. The van der Waals surface area contributed by atoms with Crippen molar-refractivity contribution in [3.63, 3.8) is 0 Å². The molecular weight excluding hydrogens is 461 g/mol. The Morgan fingerprint density at radius 1 is 1.15 bits per heavy atom. The molecule has 2 atom stereocenters. The van der Waals surface area contributed by atoms with Crippen LogP contribution in [-0.4, -0.2) is 58.1 Å². The van der Waals surface area contributed by atoms with Crippen molar-refractivity contribution in [2.45, 2.75) is 44.3 Å². The lowest BCUT2D eigenvalue weighted by Gasteiger charge is -2.42. The number of ether oxygens (including phenoxy) is 2. The van der Waals surface area contributed by atoms with E-state index in [1.54, 1.807) is 22.7 Å². The number of piperidine rings is 1. The first-order valence-electron chi connectivity index (χ1n) is 10.9. The van der Waals surface area contributed by atoms with Crippen LogP contribution in [0, 0.1) is 0 Å². The van der Waals surface area contributed by atoms with Crippen molar-refractivity contribution in [3.8, 4) is 17.0 Å². The van der Waals surface area contributed by atoms with Crippen LogP contribution in [0.25, 0.3) is 16.8 Å². The highest BCUT2D eigenvalue weighted by molar-refractivity contribution is 5.81. The highest BCUT2D eigenvalue weighted by Crippen LogP contribution is 2.38. The molecule has 2 aliphatic rings. The predicted octanol–water partition coefficient (Wildman–Crippen LogP) is 4.64. The van der Waals surface area contributed by atoms with E-state index in [9.17, 15) is 22.0 Å². The van der Waals surface area contributed by atoms with Gasteiger partial charge in [-0.1, -0.05) is 0 Å². The number of hydrogen-bond acceptors (Lipinski definition) is 6. The van der Waals surface area contributed by atoms with Gasteiger partial charge < -0.3 is 14.8 Å². The quantitative estimate of drug-likeness (QED) is 0.516. The van der Waals surface area contributed by atoms with E-state index in [1.807, 2.05) is 0 Å². The molecule has 7 nitrogen and oxygen atoms in total. The average molecular weight is 483 g/mol. The lowest BCUT2D eigenvalue weighted by molar-refractivity contribution is -0.149. The molecule has 4 heterocycles. The summed E-state index contributed by atoms with van der Waals surface area (Å²) in [5, 5.41) is 11.8. The first-order valence-corrected chi connectivity index (χ1v) is 10.9. The number of rotatable bonds is 6. The second kappa shape index (κ2) is 8.99. The van der Waals surface area contributed by atoms with Crippen LogP contribution in [-0.2, 0) is 10.9 Å². The van der Waals surface area contributed by atoms with Gasteiger partial charge in [-0.2, -0.15) is 22.0 Å². The molecule has 3 aromatic rings. The Labute approximate surface area is 191 Å². The number of benzene rings is 1. The molecule has 0 bridgehead atoms. The maximum atomic E-state index is 13.1. The molecule has 0 radical (unpaired) electrons. The number of alkyl halides is 5. The fourth-order valence-corrected chi connectivity index (χ4v) is 4.41. The molecule has 2 aliphatic heterocycles. The van der Waals surface area contributed by atoms with E-state index < -0.39 is 24.1 Å². The Bertz CT molecular complexity index is 1160. The van der Waals surface area contributed by atoms with Crippen LogP contribution in [0.5, 0.6) is 5.75 Å². The average Bonchev–Trinajstić information content (AvgIpc) is 3.23. The Kier molecular flexibility index (Phi) is 6.02. The molecule has 2 saturated heterocycles. The number of anilines is 1. The number of nitrogens with one attached hydrogen (secondary N) is 1. The standard InChI is InChI=1S/C22H22F5N5O2/c23-20(24)34-17-11-13(22(25,26)27)5-6-15(17)19-16-4-2-9-32(16)21(30-29-19)28-14-3-1-8-31(12-14)18-7-10-33-18/h2,4-6,9,11,14,18,20H,1,3,7-8,10,12H2,(H,28,30)/t14-,18?/m1/s1. The smallest absolute Gasteiger partial charge is 0.416 e. The molecule has 2 aromatic heterocycles. The number of nitrogens with zero attached hydrogens (tertiary/aromatic N) is 4. The van der Waals surface area contributed by atoms with Crippen molar-refractivity contribution >= 4 is 11.5 Å². The lowest BCUT2D eigenvalue weighted by Crippen LogP contribution is -2.52. The van der Waals surface area contributed by atoms with Gasteiger partial charge in [-0.15, -0.1) is 10.2 Å². The zero-order chi connectivity index (χ0) is 23.9. The van der Waals surface area contributed by atoms with Crippen LogP contribution in [0.2, 0.25) is 0 Å². The monoisotopic (exact) mass is 483 g/mol. The molecule has 1 unspecified atom stereocenters. The summed E-state index contributed by atoms with van der Waals surface area (Å²) in [7, 11) is 0. The first kappa shape index (κ1) is 22.8. The van der Waals surface area contributed by atoms with Gasteiger partial charge in [0.15, 0.2) is 0 Å². The van der Waals surface area contributed by atoms with Gasteiger partial charge in [-0.3, -0.25) is 9.30 Å². The number of aromatic nitrogens is 3. The third kappa shape index (κ3) is 4.51. The summed E-state index contributed by atoms with van der Waals surface area (Å²) >= 11 is 0. The van der Waals surface area contributed by atoms with Crippen molar-refractivity contribution in [1.29, 1.82) is 0 Å². The first-order chi connectivity index (χ1) is 16.3. The molecular formula is C22H22F5N5O2. The Balaban J connectivity index is 1.46. The van der Waals surface area contributed by atoms with Crippen LogP contribution < -0.4 is 10.1 Å². The number of fused-ring (bicyclic) bond motifs is 1. The predicted molar refractivity (Wildman–Crippen MR) is 113 cm³/mol. The summed E-state index contributed by atoms with van der Waals surface area (Å²) < 4.78 is 77.0. The minimum Gasteiger partial charge on any atom is -0.434 e. The van der Waals surface area contributed by atoms with Gasteiger partial charge in [-0.25, -0.2) is 0 Å². The molecule has 0 spiro atoms. The zero-order valence-corrected chi connectivity index (χ0v) is 17.9. The normalized spacial score (nSPS) is 21.6. The van der Waals surface area contributed by atoms with Crippen molar-refractivity contribution in [2.24, 2.45) is 0 Å². The Morgan fingerprint density at radius 3 is 2.68 bits per heavy atom. The van der Waals surface area contributed by atoms with E-state index in [0.29, 0.717) is 17.5 Å². The summed E-state index contributed by atoms with van der Waals surface area (Å²) in [6, 6.07) is 5.94. The molecule has 1 aromatic carbocycles. The van der Waals surface area contributed by atoms with Crippen molar-refractivity contribution < 1.29 is 31.4 Å². The second-order valence-corrected chi connectivity index (χ2v) is 8.32. The van der Waals surface area contributed by atoms with Crippen LogP contribution in [0.15, 0.2) is 36.5 Å². The third-order valence-corrected chi connectivity index (χ3v) is 6.11. The summed E-state index contributed by atoms with van der Waals surface area (Å²) in [5.74, 6) is -0.167. The number of hydrogen-bond donors (Lipinski definition) is 1. The van der Waals surface area contributed by atoms with Gasteiger partial charge in [0.1, 0.15) is 17.7 Å². The van der Waals surface area contributed by atoms with E-state index in [1.165, 1.54) is 0 Å². The second-order valence-electron chi connectivity index (χ2n) is 8.32. The lowest BCUT2D eigenvalue weighted by atomic mass is 10.0. The van der Waals surface area contributed by atoms with Crippen molar-refractivity contribution in [3.05, 3.63) is 42.1 Å². The maximum absolute atomic E-state index is 13.1. The number of halogens is 5. The fraction of sp³-hybridized carbons (Fsp3) is 0.455. The molecule has 1 N–H and O–H groups in total. The van der Waals surface area contributed by atoms with Gasteiger partial charge >= 0.3 is 12.8 Å². The van der Waals surface area contributed by atoms with Gasteiger partial charge in [-0.05, 0) is 43.2 Å². The molecule has 0 amide bonds. The number of likely N-dealkylation sites (tertiary alicyclic amines) is 1. The van der Waals surface area contributed by atoms with Crippen LogP contribution in [0.3, 0.4) is 0 Å². The van der Waals surface area contributed by atoms with Crippen molar-refractivity contribution in [1.82, 2.24) is 19.5 Å². The SMILES string of the molecule is FC(F)Oc1cc(C(F)(F)F)ccc1-c1nnc(N[C@@H]2CCCN(C3CCO3)C2)n2cccc12. The Hall–Kier alpha value is -2.99. The van der Waals surface area contributed by atoms with E-state index in [4.69, 9.17) is 4.74 Å². The van der Waals surface area contributed by atoms with E-state index in [2.05, 4.69) is 25.2 Å². The van der Waals surface area contributed by atoms with E-state index in [-0.39, 0.29) is 23.5 Å². The van der Waals surface area contributed by atoms with E-state index in [0.717, 1.165) is 51.1 Å². The van der Waals surface area contributed by atoms with Crippen LogP contribution >= 0.6 is 0 Å². The molecule has 182 valence electrons. The topological polar surface area (TPSA) is 63.9 Å². The van der Waals surface area contributed by atoms with Crippen LogP contribution in [0.1, 0.15) is 24.8 Å². The van der Waals surface area contributed by atoms with Gasteiger partial charge in [0.2, 0.25) is 5.95 Å². The minimum atomic E-state index is -4.71. The third-order valence-electron chi connectivity index (χ3n) is 6.11. The zero-order valence-electron chi connectivity index (χ0n) is 17.9. The van der Waals surface area contributed by atoms with Gasteiger partial charge in [0.25, 0.3) is 0 Å². The molecule has 0 saturated carbocycles. The highest BCUT2D eigenvalue weighted by Gasteiger charge is 2.33. The molecule has 5 rings (SSSR count). The highest BCUT2D eigenvalue weighted by atomic mass is 19.4. The molecule has 34 heavy (non-hydrogen) atoms. The van der Waals surface area contributed by atoms with Gasteiger partial charge in [0.05, 0.1) is 17.7 Å². The van der Waals surface area contributed by atoms with Crippen molar-refractivity contribution in [2.75, 3.05) is 25.0 Å².